The van der Waals surface area contributed by atoms with Gasteiger partial charge in [0.1, 0.15) is 11.6 Å². The molecule has 2 aromatic rings. The zero-order valence-electron chi connectivity index (χ0n) is 20.9. The molecule has 0 spiro atoms. The summed E-state index contributed by atoms with van der Waals surface area (Å²) in [6, 6.07) is 7.94. The third-order valence-corrected chi connectivity index (χ3v) is 7.09. The fraction of sp³-hybridized carbons (Fsp3) is 0.560. The van der Waals surface area contributed by atoms with Gasteiger partial charge >= 0.3 is 0 Å². The summed E-state index contributed by atoms with van der Waals surface area (Å²) in [7, 11) is 1.53. The van der Waals surface area contributed by atoms with E-state index >= 15 is 0 Å². The van der Waals surface area contributed by atoms with Crippen molar-refractivity contribution in [3.05, 3.63) is 41.7 Å². The second-order valence-corrected chi connectivity index (χ2v) is 9.33. The van der Waals surface area contributed by atoms with E-state index in [9.17, 15) is 9.18 Å². The Labute approximate surface area is 196 Å². The normalized spacial score (nSPS) is 27.0. The van der Waals surface area contributed by atoms with Gasteiger partial charge in [0, 0.05) is 59.8 Å². The van der Waals surface area contributed by atoms with Gasteiger partial charge in [-0.3, -0.25) is 4.79 Å². The van der Waals surface area contributed by atoms with Crippen molar-refractivity contribution in [1.82, 2.24) is 20.4 Å². The smallest absolute Gasteiger partial charge is 0.251 e. The SMILES string of the molecule is [2H]C([2H])(C1CCOCC1)N1C[C@H]2CC(Nc3ccc(-c4cc(C(=O)NC)ccc4F)nn3)C[C@H]2C1. The Kier molecular flexibility index (Phi) is 5.85. The lowest BCUT2D eigenvalue weighted by atomic mass is 10.00. The van der Waals surface area contributed by atoms with Gasteiger partial charge in [-0.15, -0.1) is 10.2 Å². The third kappa shape index (κ3) is 5.01. The number of carbonyl (C=O) groups is 1. The molecular formula is C25H32FN5O2. The number of hydrogen-bond donors (Lipinski definition) is 2. The largest absolute Gasteiger partial charge is 0.381 e. The zero-order chi connectivity index (χ0) is 24.6. The lowest BCUT2D eigenvalue weighted by Gasteiger charge is -2.27. The average Bonchev–Trinajstić information content (AvgIpc) is 3.44. The summed E-state index contributed by atoms with van der Waals surface area (Å²) in [5.41, 5.74) is 0.966. The van der Waals surface area contributed by atoms with Crippen LogP contribution in [-0.4, -0.2) is 66.9 Å². The number of hydrogen-bond acceptors (Lipinski definition) is 6. The van der Waals surface area contributed by atoms with Crippen molar-refractivity contribution < 1.29 is 16.7 Å². The maximum absolute atomic E-state index is 14.4. The van der Waals surface area contributed by atoms with Gasteiger partial charge in [0.2, 0.25) is 0 Å². The Bertz CT molecular complexity index is 1050. The number of aromatic nitrogens is 2. The highest BCUT2D eigenvalue weighted by Crippen LogP contribution is 2.39. The Morgan fingerprint density at radius 1 is 1.18 bits per heavy atom. The van der Waals surface area contributed by atoms with Crippen molar-refractivity contribution in [1.29, 1.82) is 0 Å². The van der Waals surface area contributed by atoms with Gasteiger partial charge in [-0.05, 0) is 73.8 Å². The van der Waals surface area contributed by atoms with Gasteiger partial charge in [-0.2, -0.15) is 0 Å². The monoisotopic (exact) mass is 455 g/mol. The molecule has 2 saturated heterocycles. The molecule has 0 radical (unpaired) electrons. The van der Waals surface area contributed by atoms with E-state index < -0.39 is 12.3 Å². The maximum Gasteiger partial charge on any atom is 0.251 e. The Balaban J connectivity index is 1.19. The second kappa shape index (κ2) is 9.73. The van der Waals surface area contributed by atoms with Crippen molar-refractivity contribution in [2.75, 3.05) is 45.2 Å². The number of likely N-dealkylation sites (tertiary alicyclic amines) is 1. The highest BCUT2D eigenvalue weighted by molar-refractivity contribution is 5.95. The number of rotatable bonds is 6. The standard InChI is InChI=1S/C25H32FN5O2/c1-27-25(32)17-2-3-22(26)21(12-17)23-4-5-24(30-29-23)28-20-10-18-14-31(15-19(18)11-20)13-16-6-8-33-9-7-16/h2-5,12,16,18-20H,6-11,13-15H2,1H3,(H,27,32)(H,28,30)/t18-,19+,20?/i13D2. The molecule has 176 valence electrons. The number of amides is 1. The van der Waals surface area contributed by atoms with E-state index in [4.69, 9.17) is 7.48 Å². The van der Waals surface area contributed by atoms with Gasteiger partial charge < -0.3 is 20.3 Å². The minimum absolute atomic E-state index is 0.0414. The van der Waals surface area contributed by atoms with Crippen LogP contribution >= 0.6 is 0 Å². The van der Waals surface area contributed by atoms with Gasteiger partial charge in [0.05, 0.1) is 5.69 Å². The van der Waals surface area contributed by atoms with E-state index in [0.717, 1.165) is 38.8 Å². The molecule has 33 heavy (non-hydrogen) atoms. The minimum atomic E-state index is -1.28. The van der Waals surface area contributed by atoms with E-state index in [0.29, 0.717) is 42.1 Å². The number of ether oxygens (including phenoxy) is 1. The fourth-order valence-corrected chi connectivity index (χ4v) is 5.38. The summed E-state index contributed by atoms with van der Waals surface area (Å²) in [5, 5.41) is 14.4. The van der Waals surface area contributed by atoms with Crippen LogP contribution in [0.4, 0.5) is 10.2 Å². The predicted molar refractivity (Wildman–Crippen MR) is 124 cm³/mol. The Hall–Kier alpha value is -2.58. The summed E-state index contributed by atoms with van der Waals surface area (Å²) in [5.74, 6) is 0.869. The Morgan fingerprint density at radius 3 is 2.61 bits per heavy atom. The van der Waals surface area contributed by atoms with Crippen LogP contribution in [0.15, 0.2) is 30.3 Å². The minimum Gasteiger partial charge on any atom is -0.381 e. The summed E-state index contributed by atoms with van der Waals surface area (Å²) < 4.78 is 37.3. The first kappa shape index (κ1) is 19.9. The van der Waals surface area contributed by atoms with Crippen LogP contribution < -0.4 is 10.6 Å². The van der Waals surface area contributed by atoms with Gasteiger partial charge in [-0.1, -0.05) is 0 Å². The molecule has 3 aliphatic rings. The summed E-state index contributed by atoms with van der Waals surface area (Å²) in [4.78, 5) is 13.9. The quantitative estimate of drug-likeness (QED) is 0.697. The summed E-state index contributed by atoms with van der Waals surface area (Å²) in [6.07, 6.45) is 3.52. The molecule has 1 saturated carbocycles. The van der Waals surface area contributed by atoms with Crippen LogP contribution in [0.2, 0.25) is 0 Å². The fourth-order valence-electron chi connectivity index (χ4n) is 5.38. The van der Waals surface area contributed by atoms with Crippen molar-refractivity contribution in [3.63, 3.8) is 0 Å². The topological polar surface area (TPSA) is 79.4 Å². The molecule has 0 bridgehead atoms. The van der Waals surface area contributed by atoms with Crippen LogP contribution in [0, 0.1) is 23.6 Å². The predicted octanol–water partition coefficient (Wildman–Crippen LogP) is 3.19. The first-order valence-electron chi connectivity index (χ1n) is 12.8. The molecular weight excluding hydrogens is 421 g/mol. The molecule has 1 aliphatic carbocycles. The molecule has 2 aliphatic heterocycles. The molecule has 1 aromatic heterocycles. The first-order valence-corrected chi connectivity index (χ1v) is 11.8. The van der Waals surface area contributed by atoms with E-state index in [1.165, 1.54) is 25.2 Å². The van der Waals surface area contributed by atoms with Crippen LogP contribution in [0.1, 0.15) is 38.8 Å². The maximum atomic E-state index is 14.4. The highest BCUT2D eigenvalue weighted by Gasteiger charge is 2.41. The molecule has 5 rings (SSSR count). The lowest BCUT2D eigenvalue weighted by molar-refractivity contribution is 0.0545. The third-order valence-electron chi connectivity index (χ3n) is 7.09. The number of benzene rings is 1. The average molecular weight is 456 g/mol. The molecule has 1 amide bonds. The molecule has 3 fully saturated rings. The number of fused-ring (bicyclic) bond motifs is 1. The molecule has 1 unspecified atom stereocenters. The molecule has 1 aromatic carbocycles. The van der Waals surface area contributed by atoms with E-state index in [1.807, 2.05) is 0 Å². The van der Waals surface area contributed by atoms with Gasteiger partial charge in [-0.25, -0.2) is 4.39 Å². The van der Waals surface area contributed by atoms with Crippen molar-refractivity contribution >= 4 is 11.7 Å². The number of anilines is 1. The van der Waals surface area contributed by atoms with E-state index in [1.54, 1.807) is 12.1 Å². The highest BCUT2D eigenvalue weighted by atomic mass is 19.1. The van der Waals surface area contributed by atoms with Crippen molar-refractivity contribution in [2.45, 2.75) is 31.7 Å². The second-order valence-electron chi connectivity index (χ2n) is 9.33. The van der Waals surface area contributed by atoms with Crippen molar-refractivity contribution in [2.24, 2.45) is 17.8 Å². The molecule has 3 atom stereocenters. The van der Waals surface area contributed by atoms with Crippen LogP contribution in [0.3, 0.4) is 0 Å². The zero-order valence-corrected chi connectivity index (χ0v) is 18.9. The number of nitrogens with zero attached hydrogens (tertiary/aromatic N) is 3. The summed E-state index contributed by atoms with van der Waals surface area (Å²) >= 11 is 0. The number of nitrogens with one attached hydrogen (secondary N) is 2. The van der Waals surface area contributed by atoms with Crippen LogP contribution in [0.25, 0.3) is 11.3 Å². The van der Waals surface area contributed by atoms with Gasteiger partial charge in [0.25, 0.3) is 5.91 Å². The number of halogens is 1. The molecule has 8 heteroatoms. The van der Waals surface area contributed by atoms with E-state index in [2.05, 4.69) is 25.7 Å². The lowest BCUT2D eigenvalue weighted by Crippen LogP contribution is -2.32. The molecule has 7 nitrogen and oxygen atoms in total. The van der Waals surface area contributed by atoms with Crippen molar-refractivity contribution in [3.8, 4) is 11.3 Å². The molecule has 2 N–H and O–H groups in total. The van der Waals surface area contributed by atoms with Crippen LogP contribution in [0.5, 0.6) is 0 Å². The Morgan fingerprint density at radius 2 is 1.94 bits per heavy atom. The number of carbonyl (C=O) groups excluding carboxylic acids is 1. The summed E-state index contributed by atoms with van der Waals surface area (Å²) in [6.45, 7) is 1.62. The van der Waals surface area contributed by atoms with Gasteiger partial charge in [0.15, 0.2) is 0 Å². The van der Waals surface area contributed by atoms with E-state index in [-0.39, 0.29) is 23.4 Å². The van der Waals surface area contributed by atoms with Crippen LogP contribution in [-0.2, 0) is 4.74 Å². The molecule has 3 heterocycles. The first-order chi connectivity index (χ1) is 16.8.